The van der Waals surface area contributed by atoms with Gasteiger partial charge in [0.2, 0.25) is 6.41 Å². The van der Waals surface area contributed by atoms with Gasteiger partial charge in [0.25, 0.3) is 0 Å². The first-order chi connectivity index (χ1) is 7.35. The van der Waals surface area contributed by atoms with Crippen LogP contribution < -0.4 is 10.1 Å². The number of hydrogen-bond donors (Lipinski definition) is 1. The molecule has 0 saturated heterocycles. The molecule has 2 rings (SSSR count). The van der Waals surface area contributed by atoms with Crippen LogP contribution in [0, 0.1) is 0 Å². The second-order valence-corrected chi connectivity index (χ2v) is 3.16. The summed E-state index contributed by atoms with van der Waals surface area (Å²) in [4.78, 5) is 10.3. The largest absolute Gasteiger partial charge is 0.496 e. The Hall–Kier alpha value is -2.03. The van der Waals surface area contributed by atoms with Crippen LogP contribution in [0.1, 0.15) is 0 Å². The fraction of sp³-hybridized carbons (Fsp3) is 0.0833. The van der Waals surface area contributed by atoms with Crippen molar-refractivity contribution >= 4 is 22.9 Å². The van der Waals surface area contributed by atoms with Gasteiger partial charge in [0.05, 0.1) is 7.11 Å². The van der Waals surface area contributed by atoms with Crippen LogP contribution in [0.25, 0.3) is 10.8 Å². The number of rotatable bonds is 3. The molecular formula is C12H11NO2. The van der Waals surface area contributed by atoms with Gasteiger partial charge in [-0.15, -0.1) is 0 Å². The molecule has 0 aliphatic heterocycles. The Morgan fingerprint density at radius 3 is 2.87 bits per heavy atom. The standard InChI is InChI=1S/C12H11NO2/c1-15-12-4-2-3-9-5-6-10(13-8-14)7-11(9)12/h2-8H,1H3,(H,13,14). The summed E-state index contributed by atoms with van der Waals surface area (Å²) < 4.78 is 5.24. The number of carbonyl (C=O) groups is 1. The van der Waals surface area contributed by atoms with Crippen molar-refractivity contribution in [3.05, 3.63) is 36.4 Å². The van der Waals surface area contributed by atoms with Gasteiger partial charge in [-0.3, -0.25) is 4.79 Å². The summed E-state index contributed by atoms with van der Waals surface area (Å²) in [6.07, 6.45) is 0.663. The smallest absolute Gasteiger partial charge is 0.211 e. The molecule has 0 heterocycles. The highest BCUT2D eigenvalue weighted by Gasteiger charge is 2.01. The van der Waals surface area contributed by atoms with Gasteiger partial charge in [0.1, 0.15) is 5.75 Å². The number of amides is 1. The van der Waals surface area contributed by atoms with Crippen molar-refractivity contribution in [3.63, 3.8) is 0 Å². The third kappa shape index (κ3) is 1.76. The van der Waals surface area contributed by atoms with Crippen LogP contribution in [0.15, 0.2) is 36.4 Å². The van der Waals surface area contributed by atoms with Crippen LogP contribution >= 0.6 is 0 Å². The molecule has 0 unspecified atom stereocenters. The van der Waals surface area contributed by atoms with Crippen LogP contribution in [0.4, 0.5) is 5.69 Å². The number of anilines is 1. The summed E-state index contributed by atoms with van der Waals surface area (Å²) in [5.41, 5.74) is 0.766. The first-order valence-electron chi connectivity index (χ1n) is 4.62. The molecule has 3 heteroatoms. The Morgan fingerprint density at radius 1 is 1.27 bits per heavy atom. The number of nitrogens with one attached hydrogen (secondary N) is 1. The molecule has 0 aliphatic carbocycles. The highest BCUT2D eigenvalue weighted by atomic mass is 16.5. The van der Waals surface area contributed by atoms with Crippen molar-refractivity contribution in [1.29, 1.82) is 0 Å². The van der Waals surface area contributed by atoms with E-state index in [1.54, 1.807) is 7.11 Å². The predicted octanol–water partition coefficient (Wildman–Crippen LogP) is 2.42. The second kappa shape index (κ2) is 4.00. The van der Waals surface area contributed by atoms with E-state index in [-0.39, 0.29) is 0 Å². The van der Waals surface area contributed by atoms with Crippen molar-refractivity contribution in [2.45, 2.75) is 0 Å². The fourth-order valence-electron chi connectivity index (χ4n) is 1.58. The SMILES string of the molecule is COc1cccc2ccc(NC=O)cc12. The molecule has 3 nitrogen and oxygen atoms in total. The number of ether oxygens (including phenoxy) is 1. The van der Waals surface area contributed by atoms with Crippen LogP contribution in [-0.4, -0.2) is 13.5 Å². The van der Waals surface area contributed by atoms with E-state index in [0.717, 1.165) is 22.2 Å². The number of hydrogen-bond acceptors (Lipinski definition) is 2. The summed E-state index contributed by atoms with van der Waals surface area (Å²) in [5.74, 6) is 0.807. The molecule has 15 heavy (non-hydrogen) atoms. The third-order valence-corrected chi connectivity index (χ3v) is 2.29. The van der Waals surface area contributed by atoms with Crippen molar-refractivity contribution in [2.75, 3.05) is 12.4 Å². The minimum Gasteiger partial charge on any atom is -0.496 e. The van der Waals surface area contributed by atoms with Gasteiger partial charge in [0.15, 0.2) is 0 Å². The van der Waals surface area contributed by atoms with Crippen LogP contribution in [0.2, 0.25) is 0 Å². The molecule has 0 spiro atoms. The minimum absolute atomic E-state index is 0.663. The van der Waals surface area contributed by atoms with Crippen LogP contribution in [-0.2, 0) is 4.79 Å². The first-order valence-corrected chi connectivity index (χ1v) is 4.62. The Kier molecular flexibility index (Phi) is 2.54. The molecule has 1 amide bonds. The summed E-state index contributed by atoms with van der Waals surface area (Å²) in [5, 5.41) is 4.70. The zero-order chi connectivity index (χ0) is 10.7. The third-order valence-electron chi connectivity index (χ3n) is 2.29. The average molecular weight is 201 g/mol. The molecule has 0 atom stereocenters. The van der Waals surface area contributed by atoms with E-state index < -0.39 is 0 Å². The zero-order valence-electron chi connectivity index (χ0n) is 8.36. The molecule has 0 bridgehead atoms. The van der Waals surface area contributed by atoms with Gasteiger partial charge >= 0.3 is 0 Å². The van der Waals surface area contributed by atoms with Crippen molar-refractivity contribution in [3.8, 4) is 5.75 Å². The minimum atomic E-state index is 0.663. The van der Waals surface area contributed by atoms with E-state index in [1.807, 2.05) is 36.4 Å². The maximum absolute atomic E-state index is 10.3. The molecule has 0 aliphatic rings. The lowest BCUT2D eigenvalue weighted by atomic mass is 10.1. The van der Waals surface area contributed by atoms with Gasteiger partial charge < -0.3 is 10.1 Å². The summed E-state index contributed by atoms with van der Waals surface area (Å²) in [6.45, 7) is 0. The van der Waals surface area contributed by atoms with E-state index in [0.29, 0.717) is 6.41 Å². The fourth-order valence-corrected chi connectivity index (χ4v) is 1.58. The lowest BCUT2D eigenvalue weighted by molar-refractivity contribution is -0.105. The molecular weight excluding hydrogens is 190 g/mol. The number of methoxy groups -OCH3 is 1. The van der Waals surface area contributed by atoms with Gasteiger partial charge in [-0.05, 0) is 23.6 Å². The molecule has 0 fully saturated rings. The molecule has 0 saturated carbocycles. The Balaban J connectivity index is 2.61. The monoisotopic (exact) mass is 201 g/mol. The Morgan fingerprint density at radius 2 is 2.13 bits per heavy atom. The molecule has 2 aromatic carbocycles. The van der Waals surface area contributed by atoms with Gasteiger partial charge in [-0.1, -0.05) is 18.2 Å². The van der Waals surface area contributed by atoms with E-state index in [4.69, 9.17) is 4.74 Å². The van der Waals surface area contributed by atoms with Crippen LogP contribution in [0.5, 0.6) is 5.75 Å². The quantitative estimate of drug-likeness (QED) is 0.774. The van der Waals surface area contributed by atoms with E-state index >= 15 is 0 Å². The van der Waals surface area contributed by atoms with Crippen LogP contribution in [0.3, 0.4) is 0 Å². The maximum Gasteiger partial charge on any atom is 0.211 e. The first kappa shape index (κ1) is 9.52. The summed E-state index contributed by atoms with van der Waals surface area (Å²) >= 11 is 0. The Labute approximate surface area is 87.7 Å². The lowest BCUT2D eigenvalue weighted by Crippen LogP contribution is -1.93. The molecule has 2 aromatic rings. The van der Waals surface area contributed by atoms with E-state index in [9.17, 15) is 4.79 Å². The normalized spacial score (nSPS) is 9.93. The number of fused-ring (bicyclic) bond motifs is 1. The Bertz CT molecular complexity index is 494. The molecule has 0 aromatic heterocycles. The molecule has 76 valence electrons. The van der Waals surface area contributed by atoms with Gasteiger partial charge in [-0.2, -0.15) is 0 Å². The second-order valence-electron chi connectivity index (χ2n) is 3.16. The van der Waals surface area contributed by atoms with E-state index in [1.165, 1.54) is 0 Å². The summed E-state index contributed by atoms with van der Waals surface area (Å²) in [6, 6.07) is 11.5. The van der Waals surface area contributed by atoms with E-state index in [2.05, 4.69) is 5.32 Å². The highest BCUT2D eigenvalue weighted by Crippen LogP contribution is 2.27. The topological polar surface area (TPSA) is 38.3 Å². The maximum atomic E-state index is 10.3. The molecule has 0 radical (unpaired) electrons. The van der Waals surface area contributed by atoms with Crippen molar-refractivity contribution < 1.29 is 9.53 Å². The molecule has 1 N–H and O–H groups in total. The van der Waals surface area contributed by atoms with Crippen molar-refractivity contribution in [2.24, 2.45) is 0 Å². The van der Waals surface area contributed by atoms with Gasteiger partial charge in [0, 0.05) is 11.1 Å². The highest BCUT2D eigenvalue weighted by molar-refractivity contribution is 5.92. The number of carbonyl (C=O) groups excluding carboxylic acids is 1. The number of benzene rings is 2. The van der Waals surface area contributed by atoms with Crippen molar-refractivity contribution in [1.82, 2.24) is 0 Å². The van der Waals surface area contributed by atoms with Gasteiger partial charge in [-0.25, -0.2) is 0 Å². The summed E-state index contributed by atoms with van der Waals surface area (Å²) in [7, 11) is 1.63. The predicted molar refractivity (Wildman–Crippen MR) is 60.2 cm³/mol. The lowest BCUT2D eigenvalue weighted by Gasteiger charge is -2.06. The zero-order valence-corrected chi connectivity index (χ0v) is 8.36. The average Bonchev–Trinajstić information content (AvgIpc) is 2.28.